The van der Waals surface area contributed by atoms with Gasteiger partial charge in [0.15, 0.2) is 0 Å². The first kappa shape index (κ1) is 14.3. The quantitative estimate of drug-likeness (QED) is 0.842. The van der Waals surface area contributed by atoms with Gasteiger partial charge in [0, 0.05) is 6.20 Å². The summed E-state index contributed by atoms with van der Waals surface area (Å²) >= 11 is 0. The smallest absolute Gasteiger partial charge is 0.268 e. The Morgan fingerprint density at radius 1 is 1.50 bits per heavy atom. The van der Waals surface area contributed by atoms with Gasteiger partial charge in [-0.25, -0.2) is 4.98 Å². The van der Waals surface area contributed by atoms with Crippen LogP contribution in [0.25, 0.3) is 0 Å². The molecule has 1 amide bonds. The number of hydrogen-bond donors (Lipinski definition) is 2. The molecule has 0 spiro atoms. The molecule has 2 aromatic rings. The van der Waals surface area contributed by atoms with E-state index in [0.29, 0.717) is 6.42 Å². The van der Waals surface area contributed by atoms with Gasteiger partial charge in [0.05, 0.1) is 6.33 Å². The van der Waals surface area contributed by atoms with Gasteiger partial charge in [0.2, 0.25) is 0 Å². The van der Waals surface area contributed by atoms with Crippen LogP contribution in [0.5, 0.6) is 0 Å². The Bertz CT molecular complexity index is 592. The summed E-state index contributed by atoms with van der Waals surface area (Å²) in [6, 6.07) is 8.34. The summed E-state index contributed by atoms with van der Waals surface area (Å²) in [5, 5.41) is 10.0. The van der Waals surface area contributed by atoms with Crippen LogP contribution in [0, 0.1) is 6.92 Å². The molecule has 20 heavy (non-hydrogen) atoms. The number of aryl methyl sites for hydroxylation is 2. The highest BCUT2D eigenvalue weighted by atomic mass is 16.3. The lowest BCUT2D eigenvalue weighted by Crippen LogP contribution is -2.11. The van der Waals surface area contributed by atoms with Gasteiger partial charge < -0.3 is 15.4 Å². The minimum absolute atomic E-state index is 0.169. The van der Waals surface area contributed by atoms with Gasteiger partial charge in [-0.2, -0.15) is 0 Å². The van der Waals surface area contributed by atoms with Gasteiger partial charge >= 0.3 is 0 Å². The molecule has 2 rings (SSSR count). The number of amides is 1. The van der Waals surface area contributed by atoms with E-state index in [0.717, 1.165) is 12.8 Å². The number of imidazole rings is 1. The van der Waals surface area contributed by atoms with Crippen molar-refractivity contribution in [3.8, 4) is 0 Å². The summed E-state index contributed by atoms with van der Waals surface area (Å²) in [6.45, 7) is 2.06. The first-order chi connectivity index (χ1) is 9.56. The largest absolute Gasteiger partial charge is 0.373 e. The molecule has 5 nitrogen and oxygen atoms in total. The molecule has 1 aromatic carbocycles. The molecular formula is C15H19N3O2. The van der Waals surface area contributed by atoms with Crippen LogP contribution in [-0.4, -0.2) is 20.6 Å². The minimum Gasteiger partial charge on any atom is -0.373 e. The average Bonchev–Trinajstić information content (AvgIpc) is 2.88. The Kier molecular flexibility index (Phi) is 4.53. The molecule has 0 radical (unpaired) electrons. The lowest BCUT2D eigenvalue weighted by atomic mass is 10.1. The Labute approximate surface area is 118 Å². The van der Waals surface area contributed by atoms with Gasteiger partial charge in [-0.3, -0.25) is 4.79 Å². The topological polar surface area (TPSA) is 81.1 Å². The number of aliphatic hydroxyl groups is 1. The van der Waals surface area contributed by atoms with E-state index in [1.807, 2.05) is 6.07 Å². The number of carbonyl (C=O) groups excluding carboxylic acids is 1. The third kappa shape index (κ3) is 3.68. The molecule has 0 fully saturated rings. The Balaban J connectivity index is 1.85. The van der Waals surface area contributed by atoms with Crippen LogP contribution in [0.1, 0.15) is 40.7 Å². The molecule has 3 N–H and O–H groups in total. The second-order valence-electron chi connectivity index (χ2n) is 4.93. The van der Waals surface area contributed by atoms with Crippen LogP contribution in [0.2, 0.25) is 0 Å². The summed E-state index contributed by atoms with van der Waals surface area (Å²) in [7, 11) is 0. The molecule has 1 atom stereocenters. The van der Waals surface area contributed by atoms with Crippen LogP contribution < -0.4 is 5.73 Å². The van der Waals surface area contributed by atoms with Crippen molar-refractivity contribution in [1.29, 1.82) is 0 Å². The molecule has 0 aliphatic heterocycles. The predicted molar refractivity (Wildman–Crippen MR) is 76.1 cm³/mol. The van der Waals surface area contributed by atoms with Crippen molar-refractivity contribution in [2.45, 2.75) is 32.4 Å². The minimum atomic E-state index is -0.680. The number of carbonyl (C=O) groups is 1. The fraction of sp³-hybridized carbons (Fsp3) is 0.333. The Morgan fingerprint density at radius 2 is 2.30 bits per heavy atom. The molecule has 0 aliphatic rings. The highest BCUT2D eigenvalue weighted by Gasteiger charge is 2.10. The maximum atomic E-state index is 10.9. The van der Waals surface area contributed by atoms with Crippen molar-refractivity contribution in [2.24, 2.45) is 5.73 Å². The zero-order valence-corrected chi connectivity index (χ0v) is 11.5. The predicted octanol–water partition coefficient (Wildman–Crippen LogP) is 1.80. The van der Waals surface area contributed by atoms with E-state index in [1.54, 1.807) is 0 Å². The van der Waals surface area contributed by atoms with E-state index in [1.165, 1.54) is 28.2 Å². The second kappa shape index (κ2) is 6.34. The summed E-state index contributed by atoms with van der Waals surface area (Å²) in [4.78, 5) is 14.8. The van der Waals surface area contributed by atoms with Gasteiger partial charge in [-0.05, 0) is 31.7 Å². The van der Waals surface area contributed by atoms with Crippen molar-refractivity contribution >= 4 is 5.91 Å². The van der Waals surface area contributed by atoms with Crippen LogP contribution in [-0.2, 0) is 6.42 Å². The third-order valence-electron chi connectivity index (χ3n) is 3.21. The van der Waals surface area contributed by atoms with Crippen LogP contribution in [0.4, 0.5) is 0 Å². The molecule has 1 heterocycles. The van der Waals surface area contributed by atoms with Crippen LogP contribution in [0.3, 0.4) is 0 Å². The lowest BCUT2D eigenvalue weighted by Gasteiger charge is -2.11. The van der Waals surface area contributed by atoms with Crippen LogP contribution in [0.15, 0.2) is 36.8 Å². The molecule has 0 bridgehead atoms. The van der Waals surface area contributed by atoms with Gasteiger partial charge in [-0.1, -0.05) is 29.8 Å². The molecule has 1 aromatic heterocycles. The molecule has 106 valence electrons. The maximum Gasteiger partial charge on any atom is 0.268 e. The average molecular weight is 273 g/mol. The number of rotatable bonds is 6. The Hall–Kier alpha value is -2.14. The molecule has 5 heteroatoms. The third-order valence-corrected chi connectivity index (χ3v) is 3.21. The SMILES string of the molecule is Cc1cccc(CCCC(O)n2cnc(C(N)=O)c2)c1. The normalized spacial score (nSPS) is 12.3. The first-order valence-electron chi connectivity index (χ1n) is 6.63. The van der Waals surface area contributed by atoms with E-state index in [-0.39, 0.29) is 5.69 Å². The number of hydrogen-bond acceptors (Lipinski definition) is 3. The summed E-state index contributed by atoms with van der Waals surface area (Å²) in [6.07, 6.45) is 4.59. The van der Waals surface area contributed by atoms with Crippen molar-refractivity contribution in [1.82, 2.24) is 9.55 Å². The fourth-order valence-electron chi connectivity index (χ4n) is 2.13. The molecule has 0 saturated carbocycles. The number of nitrogens with zero attached hydrogens (tertiary/aromatic N) is 2. The number of benzene rings is 1. The first-order valence-corrected chi connectivity index (χ1v) is 6.63. The van der Waals surface area contributed by atoms with Crippen molar-refractivity contribution in [3.63, 3.8) is 0 Å². The second-order valence-corrected chi connectivity index (χ2v) is 4.93. The van der Waals surface area contributed by atoms with Crippen molar-refractivity contribution in [3.05, 3.63) is 53.6 Å². The monoisotopic (exact) mass is 273 g/mol. The Morgan fingerprint density at radius 3 is 2.95 bits per heavy atom. The molecule has 0 aliphatic carbocycles. The molecular weight excluding hydrogens is 254 g/mol. The van der Waals surface area contributed by atoms with Crippen molar-refractivity contribution < 1.29 is 9.90 Å². The highest BCUT2D eigenvalue weighted by Crippen LogP contribution is 2.14. The number of primary amides is 1. The lowest BCUT2D eigenvalue weighted by molar-refractivity contribution is 0.0918. The van der Waals surface area contributed by atoms with Crippen LogP contribution >= 0.6 is 0 Å². The molecule has 1 unspecified atom stereocenters. The fourth-order valence-corrected chi connectivity index (χ4v) is 2.13. The number of aromatic nitrogens is 2. The van der Waals surface area contributed by atoms with Crippen molar-refractivity contribution in [2.75, 3.05) is 0 Å². The molecule has 0 saturated heterocycles. The van der Waals surface area contributed by atoms with Gasteiger partial charge in [-0.15, -0.1) is 0 Å². The zero-order chi connectivity index (χ0) is 14.5. The van der Waals surface area contributed by atoms with E-state index >= 15 is 0 Å². The zero-order valence-electron chi connectivity index (χ0n) is 11.5. The highest BCUT2D eigenvalue weighted by molar-refractivity contribution is 5.90. The summed E-state index contributed by atoms with van der Waals surface area (Å²) < 4.78 is 1.51. The van der Waals surface area contributed by atoms with E-state index in [2.05, 4.69) is 30.1 Å². The standard InChI is InChI=1S/C15H19N3O2/c1-11-4-2-5-12(8-11)6-3-7-14(19)18-9-13(15(16)20)17-10-18/h2,4-5,8-10,14,19H,3,6-7H2,1H3,(H2,16,20). The maximum absolute atomic E-state index is 10.9. The van der Waals surface area contributed by atoms with Gasteiger partial charge in [0.25, 0.3) is 5.91 Å². The van der Waals surface area contributed by atoms with E-state index < -0.39 is 12.1 Å². The van der Waals surface area contributed by atoms with E-state index in [4.69, 9.17) is 5.73 Å². The number of nitrogens with two attached hydrogens (primary N) is 1. The van der Waals surface area contributed by atoms with E-state index in [9.17, 15) is 9.90 Å². The van der Waals surface area contributed by atoms with Gasteiger partial charge in [0.1, 0.15) is 11.9 Å². The summed E-state index contributed by atoms with van der Waals surface area (Å²) in [5.74, 6) is -0.587. The number of aliphatic hydroxyl groups excluding tert-OH is 1. The summed E-state index contributed by atoms with van der Waals surface area (Å²) in [5.41, 5.74) is 7.79.